The smallest absolute Gasteiger partial charge is 0.229 e. The Kier molecular flexibility index (Phi) is 5.65. The van der Waals surface area contributed by atoms with Gasteiger partial charge in [-0.05, 0) is 30.7 Å². The van der Waals surface area contributed by atoms with Gasteiger partial charge in [-0.2, -0.15) is 0 Å². The first-order valence-corrected chi connectivity index (χ1v) is 9.80. The summed E-state index contributed by atoms with van der Waals surface area (Å²) in [6.45, 7) is 1.01. The number of hydrogen-bond donors (Lipinski definition) is 5. The summed E-state index contributed by atoms with van der Waals surface area (Å²) in [5, 5.41) is 50.0. The van der Waals surface area contributed by atoms with Crippen LogP contribution in [0.4, 0.5) is 0 Å². The molecule has 0 amide bonds. The molecule has 2 aromatic rings. The molecule has 10 heteroatoms. The number of aryl methyl sites for hydroxylation is 1. The number of aliphatic hydroxyl groups excluding tert-OH is 4. The fraction of sp³-hybridized carbons (Fsp3) is 0.364. The Morgan fingerprint density at radius 3 is 2.28 bits per heavy atom. The molecule has 0 radical (unpaired) electrons. The number of rotatable bonds is 4. The summed E-state index contributed by atoms with van der Waals surface area (Å²) in [6.07, 6.45) is -7.73. The van der Waals surface area contributed by atoms with Gasteiger partial charge in [0.15, 0.2) is 5.78 Å². The first-order chi connectivity index (χ1) is 15.2. The van der Waals surface area contributed by atoms with Crippen molar-refractivity contribution >= 4 is 11.6 Å². The maximum absolute atomic E-state index is 13.3. The largest absolute Gasteiger partial charge is 0.507 e. The maximum Gasteiger partial charge on any atom is 0.229 e. The van der Waals surface area contributed by atoms with Crippen molar-refractivity contribution in [1.82, 2.24) is 0 Å². The summed E-state index contributed by atoms with van der Waals surface area (Å²) >= 11 is 0. The number of aliphatic hydroxyl groups is 4. The van der Waals surface area contributed by atoms with Crippen LogP contribution < -0.4 is 9.47 Å². The fourth-order valence-electron chi connectivity index (χ4n) is 3.96. The van der Waals surface area contributed by atoms with Crippen LogP contribution in [0.1, 0.15) is 37.4 Å². The second kappa shape index (κ2) is 8.15. The van der Waals surface area contributed by atoms with E-state index in [9.17, 15) is 35.1 Å². The van der Waals surface area contributed by atoms with E-state index in [4.69, 9.17) is 14.2 Å². The second-order valence-electron chi connectivity index (χ2n) is 7.73. The van der Waals surface area contributed by atoms with E-state index in [1.165, 1.54) is 31.4 Å². The van der Waals surface area contributed by atoms with E-state index in [-0.39, 0.29) is 33.8 Å². The van der Waals surface area contributed by atoms with E-state index >= 15 is 0 Å². The highest BCUT2D eigenvalue weighted by Crippen LogP contribution is 2.40. The normalized spacial score (nSPS) is 27.0. The first-order valence-electron chi connectivity index (χ1n) is 9.80. The van der Waals surface area contributed by atoms with E-state index in [0.717, 1.165) is 0 Å². The summed E-state index contributed by atoms with van der Waals surface area (Å²) in [5.41, 5.74) is 0.190. The molecule has 32 heavy (non-hydrogen) atoms. The minimum absolute atomic E-state index is 0.0229. The van der Waals surface area contributed by atoms with Crippen molar-refractivity contribution in [3.8, 4) is 17.2 Å². The van der Waals surface area contributed by atoms with Crippen LogP contribution >= 0.6 is 0 Å². The van der Waals surface area contributed by atoms with Gasteiger partial charge >= 0.3 is 0 Å². The fourth-order valence-corrected chi connectivity index (χ4v) is 3.96. The Balaban J connectivity index is 1.79. The molecule has 0 aromatic heterocycles. The van der Waals surface area contributed by atoms with E-state index in [0.29, 0.717) is 5.56 Å². The van der Waals surface area contributed by atoms with Crippen molar-refractivity contribution in [1.29, 1.82) is 0 Å². The minimum Gasteiger partial charge on any atom is -0.507 e. The van der Waals surface area contributed by atoms with Gasteiger partial charge in [-0.3, -0.25) is 9.59 Å². The number of benzene rings is 2. The third-order valence-electron chi connectivity index (χ3n) is 5.61. The van der Waals surface area contributed by atoms with Crippen LogP contribution in [0.3, 0.4) is 0 Å². The number of methoxy groups -OCH3 is 1. The third kappa shape index (κ3) is 3.42. The topological polar surface area (TPSA) is 163 Å². The summed E-state index contributed by atoms with van der Waals surface area (Å²) in [6, 6.07) is 5.51. The average Bonchev–Trinajstić information content (AvgIpc) is 2.76. The number of carbonyl (C=O) groups excluding carboxylic acids is 2. The molecule has 0 bridgehead atoms. The zero-order chi connectivity index (χ0) is 23.3. The number of fused-ring (bicyclic) bond motifs is 2. The van der Waals surface area contributed by atoms with Crippen molar-refractivity contribution < 1.29 is 49.3 Å². The molecule has 170 valence electrons. The Morgan fingerprint density at radius 2 is 1.62 bits per heavy atom. The zero-order valence-electron chi connectivity index (χ0n) is 17.2. The summed E-state index contributed by atoms with van der Waals surface area (Å²) in [5.74, 6) is -1.58. The summed E-state index contributed by atoms with van der Waals surface area (Å²) < 4.78 is 16.1. The molecule has 0 spiro atoms. The van der Waals surface area contributed by atoms with Crippen molar-refractivity contribution in [2.24, 2.45) is 0 Å². The molecule has 0 saturated carbocycles. The molecule has 5 N–H and O–H groups in total. The van der Waals surface area contributed by atoms with Crippen LogP contribution in [0.15, 0.2) is 24.3 Å². The van der Waals surface area contributed by atoms with Crippen molar-refractivity contribution in [2.45, 2.75) is 37.6 Å². The molecule has 0 unspecified atom stereocenters. The SMILES string of the molecule is COc1cc(O)c2c(c1)C(=O)c1cc(C)cc(O[C@H]3O[C@@H](CO)[C@H](O)[C@H](O)[C@@H]3O)c1C2=O. The lowest BCUT2D eigenvalue weighted by Crippen LogP contribution is -2.60. The Morgan fingerprint density at radius 1 is 0.938 bits per heavy atom. The van der Waals surface area contributed by atoms with Gasteiger partial charge in [0, 0.05) is 17.2 Å². The average molecular weight is 446 g/mol. The summed E-state index contributed by atoms with van der Waals surface area (Å²) in [7, 11) is 1.36. The quantitative estimate of drug-likeness (QED) is 0.358. The van der Waals surface area contributed by atoms with Crippen LogP contribution in [0.5, 0.6) is 17.2 Å². The second-order valence-corrected chi connectivity index (χ2v) is 7.73. The predicted octanol–water partition coefficient (Wildman–Crippen LogP) is -0.337. The van der Waals surface area contributed by atoms with Crippen LogP contribution in [0.25, 0.3) is 0 Å². The van der Waals surface area contributed by atoms with Gasteiger partial charge in [0.25, 0.3) is 0 Å². The lowest BCUT2D eigenvalue weighted by atomic mass is 9.82. The van der Waals surface area contributed by atoms with Crippen LogP contribution in [-0.4, -0.2) is 81.5 Å². The number of phenolic OH excluding ortho intramolecular Hbond substituents is 1. The van der Waals surface area contributed by atoms with Crippen LogP contribution in [0, 0.1) is 6.92 Å². The number of ether oxygens (including phenoxy) is 3. The first kappa shape index (κ1) is 22.2. The number of phenols is 1. The van der Waals surface area contributed by atoms with Gasteiger partial charge in [-0.25, -0.2) is 0 Å². The minimum atomic E-state index is -1.71. The molecule has 1 heterocycles. The number of carbonyl (C=O) groups is 2. The molecule has 1 aliphatic carbocycles. The Hall–Kier alpha value is -3.02. The number of ketones is 2. The van der Waals surface area contributed by atoms with Gasteiger partial charge in [0.2, 0.25) is 12.1 Å². The lowest BCUT2D eigenvalue weighted by Gasteiger charge is -2.39. The van der Waals surface area contributed by atoms with Crippen molar-refractivity contribution in [2.75, 3.05) is 13.7 Å². The molecule has 1 saturated heterocycles. The van der Waals surface area contributed by atoms with E-state index in [1.807, 2.05) is 0 Å². The molecule has 10 nitrogen and oxygen atoms in total. The van der Waals surface area contributed by atoms with E-state index in [1.54, 1.807) is 6.92 Å². The highest BCUT2D eigenvalue weighted by molar-refractivity contribution is 6.30. The Bertz CT molecular complexity index is 1090. The maximum atomic E-state index is 13.3. The van der Waals surface area contributed by atoms with Crippen LogP contribution in [-0.2, 0) is 4.74 Å². The van der Waals surface area contributed by atoms with Gasteiger partial charge < -0.3 is 39.7 Å². The molecule has 1 aliphatic heterocycles. The zero-order valence-corrected chi connectivity index (χ0v) is 17.2. The van der Waals surface area contributed by atoms with E-state index < -0.39 is 54.6 Å². The lowest BCUT2D eigenvalue weighted by molar-refractivity contribution is -0.277. The standard InChI is InChI=1S/C22H22O10/c1-8-3-10-16(19(27)15-11(17(10)25)5-9(30-2)6-12(15)24)13(4-8)31-22-21(29)20(28)18(26)14(7-23)32-22/h3-6,14,18,20-24,26,28-29H,7H2,1-2H3/t14-,18-,20-,21-,22-/m0/s1. The van der Waals surface area contributed by atoms with Gasteiger partial charge in [-0.1, -0.05) is 0 Å². The Labute approximate surface area is 182 Å². The predicted molar refractivity (Wildman–Crippen MR) is 107 cm³/mol. The molecule has 5 atom stereocenters. The molecular formula is C22H22O10. The third-order valence-corrected chi connectivity index (χ3v) is 5.61. The number of hydrogen-bond acceptors (Lipinski definition) is 10. The molecule has 2 aliphatic rings. The van der Waals surface area contributed by atoms with Gasteiger partial charge in [-0.15, -0.1) is 0 Å². The molecule has 4 rings (SSSR count). The highest BCUT2D eigenvalue weighted by atomic mass is 16.7. The molecule has 2 aromatic carbocycles. The van der Waals surface area contributed by atoms with Gasteiger partial charge in [0.05, 0.1) is 24.8 Å². The highest BCUT2D eigenvalue weighted by Gasteiger charge is 2.45. The molecular weight excluding hydrogens is 424 g/mol. The number of aromatic hydroxyl groups is 1. The van der Waals surface area contributed by atoms with Crippen molar-refractivity contribution in [3.63, 3.8) is 0 Å². The van der Waals surface area contributed by atoms with Gasteiger partial charge in [0.1, 0.15) is 41.7 Å². The van der Waals surface area contributed by atoms with E-state index in [2.05, 4.69) is 0 Å². The van der Waals surface area contributed by atoms with Crippen LogP contribution in [0.2, 0.25) is 0 Å². The monoisotopic (exact) mass is 446 g/mol. The van der Waals surface area contributed by atoms with Crippen molar-refractivity contribution in [3.05, 3.63) is 52.1 Å². The molecule has 1 fully saturated rings. The summed E-state index contributed by atoms with van der Waals surface area (Å²) in [4.78, 5) is 26.5.